The van der Waals surface area contributed by atoms with E-state index >= 15 is 0 Å². The highest BCUT2D eigenvalue weighted by Gasteiger charge is 2.22. The van der Waals surface area contributed by atoms with Gasteiger partial charge in [-0.3, -0.25) is 0 Å². The first-order valence-corrected chi connectivity index (χ1v) is 5.07. The number of rotatable bonds is 4. The molecule has 0 radical (unpaired) electrons. The first kappa shape index (κ1) is 11.8. The van der Waals surface area contributed by atoms with Crippen molar-refractivity contribution >= 4 is 5.82 Å². The number of imidazole rings is 1. The summed E-state index contributed by atoms with van der Waals surface area (Å²) < 4.78 is 6.78. The monoisotopic (exact) mass is 212 g/mol. The van der Waals surface area contributed by atoms with Crippen molar-refractivity contribution in [2.24, 2.45) is 0 Å². The van der Waals surface area contributed by atoms with Crippen molar-refractivity contribution in [3.63, 3.8) is 0 Å². The molecule has 1 aromatic heterocycles. The molecule has 15 heavy (non-hydrogen) atoms. The standard InChI is InChI=1S/C10H20N4O/c1-5-8-13-7(9(11)14(8)12)6-10(2,3)15-4/h5-6,11-12H2,1-4H3. The molecule has 86 valence electrons. The van der Waals surface area contributed by atoms with Gasteiger partial charge in [0.1, 0.15) is 11.6 Å². The highest BCUT2D eigenvalue weighted by atomic mass is 16.5. The number of anilines is 1. The van der Waals surface area contributed by atoms with Crippen LogP contribution < -0.4 is 11.6 Å². The summed E-state index contributed by atoms with van der Waals surface area (Å²) in [7, 11) is 1.68. The zero-order valence-electron chi connectivity index (χ0n) is 9.87. The molecule has 0 spiro atoms. The van der Waals surface area contributed by atoms with Crippen molar-refractivity contribution in [2.75, 3.05) is 18.7 Å². The molecule has 0 aliphatic carbocycles. The van der Waals surface area contributed by atoms with Gasteiger partial charge in [-0.05, 0) is 13.8 Å². The molecule has 0 amide bonds. The molecular weight excluding hydrogens is 192 g/mol. The van der Waals surface area contributed by atoms with Crippen LogP contribution in [0.15, 0.2) is 0 Å². The van der Waals surface area contributed by atoms with Crippen molar-refractivity contribution < 1.29 is 4.74 Å². The zero-order chi connectivity index (χ0) is 11.6. The van der Waals surface area contributed by atoms with Crippen LogP contribution in [-0.4, -0.2) is 22.4 Å². The molecule has 1 aromatic rings. The lowest BCUT2D eigenvalue weighted by molar-refractivity contribution is 0.0226. The van der Waals surface area contributed by atoms with Crippen LogP contribution in [0.3, 0.4) is 0 Å². The van der Waals surface area contributed by atoms with Gasteiger partial charge in [-0.25, -0.2) is 9.66 Å². The molecule has 4 N–H and O–H groups in total. The van der Waals surface area contributed by atoms with E-state index in [-0.39, 0.29) is 5.60 Å². The molecule has 1 rings (SSSR count). The quantitative estimate of drug-likeness (QED) is 0.720. The highest BCUT2D eigenvalue weighted by Crippen LogP contribution is 2.20. The summed E-state index contributed by atoms with van der Waals surface area (Å²) >= 11 is 0. The van der Waals surface area contributed by atoms with Crippen molar-refractivity contribution in [3.8, 4) is 0 Å². The van der Waals surface area contributed by atoms with E-state index in [4.69, 9.17) is 16.3 Å². The zero-order valence-corrected chi connectivity index (χ0v) is 9.87. The van der Waals surface area contributed by atoms with Gasteiger partial charge in [0.05, 0.1) is 11.3 Å². The Morgan fingerprint density at radius 1 is 1.47 bits per heavy atom. The van der Waals surface area contributed by atoms with E-state index in [1.165, 1.54) is 4.68 Å². The Bertz CT molecular complexity index is 343. The number of methoxy groups -OCH3 is 1. The minimum absolute atomic E-state index is 0.270. The number of nitrogens with two attached hydrogens (primary N) is 2. The minimum Gasteiger partial charge on any atom is -0.382 e. The average molecular weight is 212 g/mol. The second kappa shape index (κ2) is 4.10. The maximum absolute atomic E-state index is 5.86. The normalized spacial score (nSPS) is 12.0. The number of ether oxygens (including phenoxy) is 1. The number of hydrogen-bond acceptors (Lipinski definition) is 4. The third-order valence-corrected chi connectivity index (χ3v) is 2.56. The van der Waals surface area contributed by atoms with Crippen LogP contribution in [0.2, 0.25) is 0 Å². The van der Waals surface area contributed by atoms with E-state index in [1.54, 1.807) is 7.11 Å². The summed E-state index contributed by atoms with van der Waals surface area (Å²) in [6, 6.07) is 0. The predicted molar refractivity (Wildman–Crippen MR) is 61.0 cm³/mol. The van der Waals surface area contributed by atoms with Gasteiger partial charge in [0.2, 0.25) is 0 Å². The van der Waals surface area contributed by atoms with Gasteiger partial charge < -0.3 is 16.3 Å². The third kappa shape index (κ3) is 2.41. The summed E-state index contributed by atoms with van der Waals surface area (Å²) in [5, 5.41) is 0. The first-order valence-electron chi connectivity index (χ1n) is 5.07. The number of nitrogen functional groups attached to an aromatic ring is 2. The van der Waals surface area contributed by atoms with Gasteiger partial charge >= 0.3 is 0 Å². The van der Waals surface area contributed by atoms with Crippen LogP contribution >= 0.6 is 0 Å². The van der Waals surface area contributed by atoms with Gasteiger partial charge in [0.15, 0.2) is 0 Å². The topological polar surface area (TPSA) is 79.1 Å². The second-order valence-electron chi connectivity index (χ2n) is 4.22. The summed E-state index contributed by atoms with van der Waals surface area (Å²) in [6.07, 6.45) is 1.43. The Kier molecular flexibility index (Phi) is 3.24. The molecule has 0 saturated carbocycles. The van der Waals surface area contributed by atoms with Crippen LogP contribution in [-0.2, 0) is 17.6 Å². The summed E-state index contributed by atoms with van der Waals surface area (Å²) in [5.74, 6) is 7.09. The molecule has 1 heterocycles. The van der Waals surface area contributed by atoms with Crippen molar-refractivity contribution in [1.82, 2.24) is 9.66 Å². The fourth-order valence-electron chi connectivity index (χ4n) is 1.40. The minimum atomic E-state index is -0.270. The molecule has 0 atom stereocenters. The second-order valence-corrected chi connectivity index (χ2v) is 4.22. The molecule has 0 bridgehead atoms. The van der Waals surface area contributed by atoms with Gasteiger partial charge in [-0.15, -0.1) is 0 Å². The Balaban J connectivity index is 2.96. The lowest BCUT2D eigenvalue weighted by atomic mass is 10.0. The Morgan fingerprint density at radius 2 is 2.07 bits per heavy atom. The lowest BCUT2D eigenvalue weighted by Gasteiger charge is -2.21. The molecule has 0 aromatic carbocycles. The van der Waals surface area contributed by atoms with Crippen LogP contribution in [0.25, 0.3) is 0 Å². The smallest absolute Gasteiger partial charge is 0.146 e. The molecular formula is C10H20N4O. The Morgan fingerprint density at radius 3 is 2.47 bits per heavy atom. The number of nitrogens with zero attached hydrogens (tertiary/aromatic N) is 2. The lowest BCUT2D eigenvalue weighted by Crippen LogP contribution is -2.26. The van der Waals surface area contributed by atoms with E-state index in [0.29, 0.717) is 12.2 Å². The fraction of sp³-hybridized carbons (Fsp3) is 0.700. The van der Waals surface area contributed by atoms with E-state index in [1.807, 2.05) is 20.8 Å². The van der Waals surface area contributed by atoms with Crippen molar-refractivity contribution in [1.29, 1.82) is 0 Å². The molecule has 0 unspecified atom stereocenters. The maximum atomic E-state index is 5.86. The Labute approximate surface area is 90.4 Å². The van der Waals surface area contributed by atoms with Crippen molar-refractivity contribution in [3.05, 3.63) is 11.5 Å². The van der Waals surface area contributed by atoms with Crippen LogP contribution in [0.4, 0.5) is 5.82 Å². The van der Waals surface area contributed by atoms with E-state index in [2.05, 4.69) is 4.98 Å². The van der Waals surface area contributed by atoms with Crippen molar-refractivity contribution in [2.45, 2.75) is 39.2 Å². The van der Waals surface area contributed by atoms with Crippen LogP contribution in [0, 0.1) is 0 Å². The molecule has 0 fully saturated rings. The molecule has 0 aliphatic heterocycles. The number of hydrogen-bond donors (Lipinski definition) is 2. The average Bonchev–Trinajstić information content (AvgIpc) is 2.45. The Hall–Kier alpha value is -1.23. The van der Waals surface area contributed by atoms with Crippen LogP contribution in [0.1, 0.15) is 32.3 Å². The van der Waals surface area contributed by atoms with Gasteiger partial charge in [0.25, 0.3) is 0 Å². The fourth-order valence-corrected chi connectivity index (χ4v) is 1.40. The van der Waals surface area contributed by atoms with Crippen LogP contribution in [0.5, 0.6) is 0 Å². The molecule has 0 saturated heterocycles. The van der Waals surface area contributed by atoms with Gasteiger partial charge in [-0.2, -0.15) is 0 Å². The third-order valence-electron chi connectivity index (χ3n) is 2.56. The number of aryl methyl sites for hydroxylation is 1. The van der Waals surface area contributed by atoms with Gasteiger partial charge in [-0.1, -0.05) is 6.92 Å². The van der Waals surface area contributed by atoms with E-state index < -0.39 is 0 Å². The SMILES string of the molecule is CCc1nc(CC(C)(C)OC)c(N)n1N. The maximum Gasteiger partial charge on any atom is 0.146 e. The first-order chi connectivity index (χ1) is 6.91. The van der Waals surface area contributed by atoms with Gasteiger partial charge in [0, 0.05) is 20.0 Å². The molecule has 5 heteroatoms. The largest absolute Gasteiger partial charge is 0.382 e. The highest BCUT2D eigenvalue weighted by molar-refractivity contribution is 5.39. The summed E-state index contributed by atoms with van der Waals surface area (Å²) in [5.41, 5.74) is 6.40. The molecule has 5 nitrogen and oxygen atoms in total. The van der Waals surface area contributed by atoms with E-state index in [0.717, 1.165) is 17.9 Å². The predicted octanol–water partition coefficient (Wildman–Crippen LogP) is 0.709. The number of aromatic nitrogens is 2. The summed E-state index contributed by atoms with van der Waals surface area (Å²) in [6.45, 7) is 5.98. The molecule has 0 aliphatic rings. The summed E-state index contributed by atoms with van der Waals surface area (Å²) in [4.78, 5) is 4.39. The van der Waals surface area contributed by atoms with E-state index in [9.17, 15) is 0 Å².